The average Bonchev–Trinajstić information content (AvgIpc) is 3.21. The highest BCUT2D eigenvalue weighted by Crippen LogP contribution is 2.24. The van der Waals surface area contributed by atoms with Gasteiger partial charge in [-0.3, -0.25) is 9.78 Å². The van der Waals surface area contributed by atoms with E-state index in [0.29, 0.717) is 16.3 Å². The number of hydrogen-bond donors (Lipinski definition) is 2. The zero-order valence-electron chi connectivity index (χ0n) is 12.3. The summed E-state index contributed by atoms with van der Waals surface area (Å²) in [4.78, 5) is 24.1. The fourth-order valence-electron chi connectivity index (χ4n) is 2.37. The lowest BCUT2D eigenvalue weighted by Crippen LogP contribution is -2.11. The quantitative estimate of drug-likeness (QED) is 0.565. The molecule has 0 atom stereocenters. The molecule has 0 saturated carbocycles. The van der Waals surface area contributed by atoms with Crippen LogP contribution in [0, 0.1) is 0 Å². The topological polar surface area (TPSA) is 70.7 Å². The van der Waals surface area contributed by atoms with Crippen molar-refractivity contribution in [1.29, 1.82) is 0 Å². The number of H-pyrrole nitrogens is 1. The van der Waals surface area contributed by atoms with E-state index in [2.05, 4.69) is 20.3 Å². The fourth-order valence-corrected chi connectivity index (χ4v) is 3.41. The first kappa shape index (κ1) is 14.9. The first-order chi connectivity index (χ1) is 11.7. The second kappa shape index (κ2) is 6.07. The van der Waals surface area contributed by atoms with Crippen molar-refractivity contribution in [2.24, 2.45) is 0 Å². The number of carbonyl (C=O) groups excluding carboxylic acids is 1. The van der Waals surface area contributed by atoms with Gasteiger partial charge in [-0.15, -0.1) is 11.3 Å². The summed E-state index contributed by atoms with van der Waals surface area (Å²) in [5.74, 6) is 0.509. The van der Waals surface area contributed by atoms with Crippen LogP contribution in [0.1, 0.15) is 10.4 Å². The van der Waals surface area contributed by atoms with Crippen molar-refractivity contribution in [1.82, 2.24) is 15.0 Å². The van der Waals surface area contributed by atoms with Gasteiger partial charge in [0.25, 0.3) is 5.91 Å². The van der Waals surface area contributed by atoms with Crippen LogP contribution in [-0.4, -0.2) is 20.9 Å². The highest BCUT2D eigenvalue weighted by molar-refractivity contribution is 7.08. The van der Waals surface area contributed by atoms with Crippen LogP contribution >= 0.6 is 22.9 Å². The summed E-state index contributed by atoms with van der Waals surface area (Å²) in [6.07, 6.45) is 3.47. The molecule has 4 rings (SSSR count). The van der Waals surface area contributed by atoms with Crippen LogP contribution in [0.2, 0.25) is 5.02 Å². The number of thiophene rings is 1. The number of halogens is 1. The molecule has 1 aromatic carbocycles. The molecule has 1 amide bonds. The number of nitrogens with zero attached hydrogens (tertiary/aromatic N) is 2. The monoisotopic (exact) mass is 354 g/mol. The average molecular weight is 355 g/mol. The van der Waals surface area contributed by atoms with E-state index in [9.17, 15) is 4.79 Å². The molecule has 7 heteroatoms. The molecular weight excluding hydrogens is 344 g/mol. The zero-order valence-corrected chi connectivity index (χ0v) is 13.9. The largest absolute Gasteiger partial charge is 0.338 e. The van der Waals surface area contributed by atoms with Crippen LogP contribution in [0.3, 0.4) is 0 Å². The molecule has 118 valence electrons. The Labute approximate surface area is 146 Å². The third kappa shape index (κ3) is 2.77. The number of benzene rings is 1. The molecule has 24 heavy (non-hydrogen) atoms. The lowest BCUT2D eigenvalue weighted by molar-refractivity contribution is 0.102. The van der Waals surface area contributed by atoms with Crippen molar-refractivity contribution >= 4 is 45.6 Å². The summed E-state index contributed by atoms with van der Waals surface area (Å²) in [5.41, 5.74) is 3.71. The summed E-state index contributed by atoms with van der Waals surface area (Å²) in [7, 11) is 0. The SMILES string of the molecule is O=C(Nc1ccc2nc(-c3cccnc3)[nH]c2c1)c1cscc1Cl. The number of carbonyl (C=O) groups is 1. The van der Waals surface area contributed by atoms with E-state index in [1.165, 1.54) is 11.3 Å². The van der Waals surface area contributed by atoms with Gasteiger partial charge in [0.15, 0.2) is 0 Å². The van der Waals surface area contributed by atoms with Crippen LogP contribution in [0.15, 0.2) is 53.5 Å². The van der Waals surface area contributed by atoms with E-state index in [0.717, 1.165) is 22.4 Å². The minimum Gasteiger partial charge on any atom is -0.338 e. The Morgan fingerprint density at radius 3 is 2.92 bits per heavy atom. The molecule has 0 fully saturated rings. The number of hydrogen-bond acceptors (Lipinski definition) is 4. The maximum absolute atomic E-state index is 12.2. The highest BCUT2D eigenvalue weighted by Gasteiger charge is 2.12. The van der Waals surface area contributed by atoms with Crippen molar-refractivity contribution in [3.63, 3.8) is 0 Å². The number of amides is 1. The predicted molar refractivity (Wildman–Crippen MR) is 96.6 cm³/mol. The highest BCUT2D eigenvalue weighted by atomic mass is 35.5. The van der Waals surface area contributed by atoms with Crippen LogP contribution in [-0.2, 0) is 0 Å². The molecule has 0 aliphatic heterocycles. The molecule has 0 spiro atoms. The smallest absolute Gasteiger partial charge is 0.258 e. The summed E-state index contributed by atoms with van der Waals surface area (Å²) >= 11 is 7.39. The summed E-state index contributed by atoms with van der Waals surface area (Å²) in [5, 5.41) is 6.77. The number of nitrogens with one attached hydrogen (secondary N) is 2. The first-order valence-corrected chi connectivity index (χ1v) is 8.46. The molecule has 0 aliphatic rings. The lowest BCUT2D eigenvalue weighted by Gasteiger charge is -2.04. The molecule has 3 heterocycles. The fraction of sp³-hybridized carbons (Fsp3) is 0. The van der Waals surface area contributed by atoms with Crippen molar-refractivity contribution in [3.8, 4) is 11.4 Å². The third-order valence-electron chi connectivity index (χ3n) is 3.53. The second-order valence-electron chi connectivity index (χ2n) is 5.15. The summed E-state index contributed by atoms with van der Waals surface area (Å²) in [6, 6.07) is 9.32. The Hall–Kier alpha value is -2.70. The normalized spacial score (nSPS) is 10.9. The van der Waals surface area contributed by atoms with Gasteiger partial charge in [-0.05, 0) is 30.3 Å². The number of fused-ring (bicyclic) bond motifs is 1. The van der Waals surface area contributed by atoms with Crippen molar-refractivity contribution in [3.05, 3.63) is 64.1 Å². The maximum atomic E-state index is 12.2. The maximum Gasteiger partial charge on any atom is 0.258 e. The number of rotatable bonds is 3. The molecule has 4 aromatic rings. The Morgan fingerprint density at radius 1 is 1.25 bits per heavy atom. The Kier molecular flexibility index (Phi) is 3.76. The van der Waals surface area contributed by atoms with Crippen molar-refractivity contribution in [2.45, 2.75) is 0 Å². The van der Waals surface area contributed by atoms with Gasteiger partial charge in [0.2, 0.25) is 0 Å². The molecule has 0 bridgehead atoms. The number of aromatic amines is 1. The molecule has 0 saturated heterocycles. The van der Waals surface area contributed by atoms with E-state index in [4.69, 9.17) is 11.6 Å². The molecule has 5 nitrogen and oxygen atoms in total. The zero-order chi connectivity index (χ0) is 16.5. The molecule has 0 aliphatic carbocycles. The molecule has 0 unspecified atom stereocenters. The van der Waals surface area contributed by atoms with Crippen LogP contribution in [0.4, 0.5) is 5.69 Å². The van der Waals surface area contributed by atoms with E-state index in [-0.39, 0.29) is 5.91 Å². The Balaban J connectivity index is 1.64. The van der Waals surface area contributed by atoms with Gasteiger partial charge >= 0.3 is 0 Å². The van der Waals surface area contributed by atoms with Gasteiger partial charge in [0.1, 0.15) is 5.82 Å². The van der Waals surface area contributed by atoms with Gasteiger partial charge in [-0.25, -0.2) is 4.98 Å². The van der Waals surface area contributed by atoms with Gasteiger partial charge in [-0.1, -0.05) is 11.6 Å². The third-order valence-corrected chi connectivity index (χ3v) is 4.72. The van der Waals surface area contributed by atoms with Gasteiger partial charge in [0.05, 0.1) is 21.6 Å². The van der Waals surface area contributed by atoms with Crippen LogP contribution in [0.5, 0.6) is 0 Å². The van der Waals surface area contributed by atoms with Crippen LogP contribution in [0.25, 0.3) is 22.4 Å². The molecule has 0 radical (unpaired) electrons. The van der Waals surface area contributed by atoms with E-state index in [1.54, 1.807) is 23.2 Å². The van der Waals surface area contributed by atoms with E-state index >= 15 is 0 Å². The van der Waals surface area contributed by atoms with Crippen LogP contribution < -0.4 is 5.32 Å². The Morgan fingerprint density at radius 2 is 2.17 bits per heavy atom. The predicted octanol–water partition coefficient (Wildman–Crippen LogP) is 4.59. The van der Waals surface area contributed by atoms with Gasteiger partial charge in [-0.2, -0.15) is 0 Å². The van der Waals surface area contributed by atoms with Gasteiger partial charge in [0, 0.05) is 34.4 Å². The van der Waals surface area contributed by atoms with E-state index < -0.39 is 0 Å². The minimum atomic E-state index is -0.229. The van der Waals surface area contributed by atoms with Gasteiger partial charge < -0.3 is 10.3 Å². The first-order valence-electron chi connectivity index (χ1n) is 7.14. The summed E-state index contributed by atoms with van der Waals surface area (Å²) < 4.78 is 0. The molecule has 3 aromatic heterocycles. The molecule has 2 N–H and O–H groups in total. The minimum absolute atomic E-state index is 0.229. The number of anilines is 1. The lowest BCUT2D eigenvalue weighted by atomic mass is 10.2. The Bertz CT molecular complexity index is 1030. The van der Waals surface area contributed by atoms with Crippen molar-refractivity contribution in [2.75, 3.05) is 5.32 Å². The number of imidazole rings is 1. The second-order valence-corrected chi connectivity index (χ2v) is 6.30. The van der Waals surface area contributed by atoms with Crippen molar-refractivity contribution < 1.29 is 4.79 Å². The van der Waals surface area contributed by atoms with E-state index in [1.807, 2.05) is 30.3 Å². The summed E-state index contributed by atoms with van der Waals surface area (Å²) in [6.45, 7) is 0. The number of aromatic nitrogens is 3. The number of pyridine rings is 1. The molecular formula is C17H11ClN4OS. The standard InChI is InChI=1S/C17H11ClN4OS/c18-13-9-24-8-12(13)17(23)20-11-3-4-14-15(6-11)22-16(21-14)10-2-1-5-19-7-10/h1-9H,(H,20,23)(H,21,22).